The van der Waals surface area contributed by atoms with Gasteiger partial charge in [0.2, 0.25) is 5.91 Å². The molecule has 0 saturated heterocycles. The molecule has 2 unspecified atom stereocenters. The Bertz CT molecular complexity index is 748. The van der Waals surface area contributed by atoms with Crippen LogP contribution in [0.15, 0.2) is 6.07 Å². The smallest absolute Gasteiger partial charge is 0.262 e. The molecule has 1 aliphatic carbocycles. The Balaban J connectivity index is 0.00000225. The van der Waals surface area contributed by atoms with E-state index in [2.05, 4.69) is 15.7 Å². The van der Waals surface area contributed by atoms with Crippen LogP contribution >= 0.6 is 23.7 Å². The fourth-order valence-corrected chi connectivity index (χ4v) is 3.74. The number of amides is 2. The Morgan fingerprint density at radius 1 is 1.48 bits per heavy atom. The highest BCUT2D eigenvalue weighted by Gasteiger charge is 2.29. The topological polar surface area (TPSA) is 102 Å². The number of hydrogen-bond donors (Lipinski definition) is 3. The first-order chi connectivity index (χ1) is 11.4. The van der Waals surface area contributed by atoms with Gasteiger partial charge in [-0.15, -0.1) is 23.7 Å². The van der Waals surface area contributed by atoms with E-state index in [1.54, 1.807) is 11.6 Å². The van der Waals surface area contributed by atoms with Crippen LogP contribution < -0.4 is 16.4 Å². The summed E-state index contributed by atoms with van der Waals surface area (Å²) in [4.78, 5) is 26.0. The molecular weight excluding hydrogens is 362 g/mol. The van der Waals surface area contributed by atoms with E-state index in [4.69, 9.17) is 5.73 Å². The lowest BCUT2D eigenvalue weighted by atomic mass is 10.2. The average Bonchev–Trinajstić information content (AvgIpc) is 3.23. The quantitative estimate of drug-likeness (QED) is 0.698. The molecular formula is C16H24ClN5O2S. The molecule has 4 N–H and O–H groups in total. The van der Waals surface area contributed by atoms with E-state index >= 15 is 0 Å². The van der Waals surface area contributed by atoms with Crippen molar-refractivity contribution in [2.75, 3.05) is 6.54 Å². The molecule has 138 valence electrons. The van der Waals surface area contributed by atoms with Gasteiger partial charge in [-0.25, -0.2) is 0 Å². The molecule has 1 saturated carbocycles. The average molecular weight is 386 g/mol. The first-order valence-corrected chi connectivity index (χ1v) is 8.95. The summed E-state index contributed by atoms with van der Waals surface area (Å²) in [6, 6.07) is 1.23. The van der Waals surface area contributed by atoms with Crippen molar-refractivity contribution in [3.05, 3.63) is 16.6 Å². The van der Waals surface area contributed by atoms with Gasteiger partial charge in [0.05, 0.1) is 10.6 Å². The molecule has 0 spiro atoms. The van der Waals surface area contributed by atoms with Crippen molar-refractivity contribution >= 4 is 45.8 Å². The highest BCUT2D eigenvalue weighted by Crippen LogP contribution is 2.31. The molecule has 3 rings (SSSR count). The summed E-state index contributed by atoms with van der Waals surface area (Å²) in [5.41, 5.74) is 6.86. The fourth-order valence-electron chi connectivity index (χ4n) is 2.71. The second kappa shape index (κ2) is 7.72. The molecule has 2 atom stereocenters. The Kier molecular flexibility index (Phi) is 6.08. The zero-order chi connectivity index (χ0) is 17.4. The first-order valence-electron chi connectivity index (χ1n) is 8.14. The standard InChI is InChI=1S/C16H23N5O2S.ClH/c1-8-11-6-13(24-16(11)21(3)20-8)15(23)19-9(2)14(22)18-7-12(17)10-4-5-10;/h6,9-10,12H,4-5,7,17H2,1-3H3,(H,18,22)(H,19,23);1H. The van der Waals surface area contributed by atoms with E-state index in [1.807, 2.05) is 20.0 Å². The van der Waals surface area contributed by atoms with Gasteiger partial charge in [0.1, 0.15) is 10.9 Å². The van der Waals surface area contributed by atoms with Crippen LogP contribution in [0.25, 0.3) is 10.2 Å². The monoisotopic (exact) mass is 385 g/mol. The number of carbonyl (C=O) groups excluding carboxylic acids is 2. The molecule has 0 aromatic carbocycles. The third-order valence-electron chi connectivity index (χ3n) is 4.40. The van der Waals surface area contributed by atoms with Gasteiger partial charge in [-0.1, -0.05) is 0 Å². The summed E-state index contributed by atoms with van der Waals surface area (Å²) in [7, 11) is 1.85. The molecule has 0 radical (unpaired) electrons. The van der Waals surface area contributed by atoms with Gasteiger partial charge in [0, 0.05) is 25.0 Å². The first kappa shape index (κ1) is 19.7. The van der Waals surface area contributed by atoms with Gasteiger partial charge < -0.3 is 16.4 Å². The van der Waals surface area contributed by atoms with Crippen LogP contribution in [-0.2, 0) is 11.8 Å². The van der Waals surface area contributed by atoms with Crippen molar-refractivity contribution < 1.29 is 9.59 Å². The second-order valence-electron chi connectivity index (χ2n) is 6.48. The molecule has 2 aromatic rings. The van der Waals surface area contributed by atoms with Crippen LogP contribution in [0.4, 0.5) is 0 Å². The second-order valence-corrected chi connectivity index (χ2v) is 7.51. The number of fused-ring (bicyclic) bond motifs is 1. The molecule has 9 heteroatoms. The van der Waals surface area contributed by atoms with E-state index < -0.39 is 6.04 Å². The Labute approximate surface area is 156 Å². The predicted octanol–water partition coefficient (Wildman–Crippen LogP) is 1.34. The molecule has 2 amide bonds. The minimum absolute atomic E-state index is 0. The maximum Gasteiger partial charge on any atom is 0.262 e. The summed E-state index contributed by atoms with van der Waals surface area (Å²) in [6.45, 7) is 4.05. The highest BCUT2D eigenvalue weighted by molar-refractivity contribution is 7.20. The lowest BCUT2D eigenvalue weighted by Gasteiger charge is -2.16. The van der Waals surface area contributed by atoms with E-state index in [-0.39, 0.29) is 30.3 Å². The maximum absolute atomic E-state index is 12.4. The summed E-state index contributed by atoms with van der Waals surface area (Å²) in [6.07, 6.45) is 2.28. The maximum atomic E-state index is 12.4. The number of carbonyl (C=O) groups is 2. The van der Waals surface area contributed by atoms with Gasteiger partial charge in [0.25, 0.3) is 5.91 Å². The largest absolute Gasteiger partial charge is 0.353 e. The number of thiophene rings is 1. The highest BCUT2D eigenvalue weighted by atomic mass is 35.5. The van der Waals surface area contributed by atoms with Crippen molar-refractivity contribution in [1.82, 2.24) is 20.4 Å². The number of nitrogens with one attached hydrogen (secondary N) is 2. The van der Waals surface area contributed by atoms with Gasteiger partial charge in [-0.05, 0) is 38.7 Å². The molecule has 0 aliphatic heterocycles. The summed E-state index contributed by atoms with van der Waals surface area (Å²) in [5.74, 6) is 0.0775. The van der Waals surface area contributed by atoms with Crippen LogP contribution in [-0.4, -0.2) is 40.2 Å². The van der Waals surface area contributed by atoms with Gasteiger partial charge in [-0.2, -0.15) is 5.10 Å². The normalized spacial score (nSPS) is 16.2. The van der Waals surface area contributed by atoms with Gasteiger partial charge >= 0.3 is 0 Å². The van der Waals surface area contributed by atoms with Gasteiger partial charge in [0.15, 0.2) is 0 Å². The molecule has 2 heterocycles. The molecule has 1 fully saturated rings. The number of rotatable bonds is 6. The number of aryl methyl sites for hydroxylation is 2. The van der Waals surface area contributed by atoms with Crippen molar-refractivity contribution in [3.63, 3.8) is 0 Å². The van der Waals surface area contributed by atoms with Crippen LogP contribution in [0.3, 0.4) is 0 Å². The molecule has 0 bridgehead atoms. The minimum atomic E-state index is -0.603. The SMILES string of the molecule is Cc1nn(C)c2sc(C(=O)NC(C)C(=O)NCC(N)C3CC3)cc12.Cl. The molecule has 1 aliphatic rings. The Hall–Kier alpha value is -1.64. The van der Waals surface area contributed by atoms with Crippen LogP contribution in [0.1, 0.15) is 35.1 Å². The van der Waals surface area contributed by atoms with E-state index in [1.165, 1.54) is 11.3 Å². The summed E-state index contributed by atoms with van der Waals surface area (Å²) >= 11 is 1.37. The summed E-state index contributed by atoms with van der Waals surface area (Å²) in [5, 5.41) is 10.8. The van der Waals surface area contributed by atoms with Gasteiger partial charge in [-0.3, -0.25) is 14.3 Å². The fraction of sp³-hybridized carbons (Fsp3) is 0.562. The molecule has 25 heavy (non-hydrogen) atoms. The van der Waals surface area contributed by atoms with Crippen molar-refractivity contribution in [2.24, 2.45) is 18.7 Å². The van der Waals surface area contributed by atoms with Crippen molar-refractivity contribution in [1.29, 1.82) is 0 Å². The molecule has 7 nitrogen and oxygen atoms in total. The number of nitrogens with two attached hydrogens (primary N) is 1. The van der Waals surface area contributed by atoms with Crippen LogP contribution in [0, 0.1) is 12.8 Å². The van der Waals surface area contributed by atoms with E-state index in [0.29, 0.717) is 17.3 Å². The number of halogens is 1. The Morgan fingerprint density at radius 2 is 2.16 bits per heavy atom. The number of nitrogens with zero attached hydrogens (tertiary/aromatic N) is 2. The van der Waals surface area contributed by atoms with Crippen LogP contribution in [0.2, 0.25) is 0 Å². The lowest BCUT2D eigenvalue weighted by molar-refractivity contribution is -0.122. The number of aromatic nitrogens is 2. The number of hydrogen-bond acceptors (Lipinski definition) is 5. The van der Waals surface area contributed by atoms with E-state index in [9.17, 15) is 9.59 Å². The third-order valence-corrected chi connectivity index (χ3v) is 5.60. The molecule has 2 aromatic heterocycles. The summed E-state index contributed by atoms with van der Waals surface area (Å²) < 4.78 is 1.77. The predicted molar refractivity (Wildman–Crippen MR) is 101 cm³/mol. The van der Waals surface area contributed by atoms with Crippen LogP contribution in [0.5, 0.6) is 0 Å². The van der Waals surface area contributed by atoms with Crippen molar-refractivity contribution in [2.45, 2.75) is 38.8 Å². The van der Waals surface area contributed by atoms with E-state index in [0.717, 1.165) is 28.8 Å². The zero-order valence-corrected chi connectivity index (χ0v) is 16.2. The Morgan fingerprint density at radius 3 is 2.76 bits per heavy atom. The van der Waals surface area contributed by atoms with Crippen molar-refractivity contribution in [3.8, 4) is 0 Å². The minimum Gasteiger partial charge on any atom is -0.353 e. The lowest BCUT2D eigenvalue weighted by Crippen LogP contribution is -2.48. The zero-order valence-electron chi connectivity index (χ0n) is 14.5. The third kappa shape index (κ3) is 4.31.